The first-order valence-electron chi connectivity index (χ1n) is 34.0. The Hall–Kier alpha value is -10.2. The van der Waals surface area contributed by atoms with E-state index >= 15 is 0 Å². The zero-order valence-corrected chi connectivity index (χ0v) is 59.5. The van der Waals surface area contributed by atoms with Crippen molar-refractivity contribution in [1.82, 2.24) is 74.1 Å². The number of aromatic nitrogens is 1. The summed E-state index contributed by atoms with van der Waals surface area (Å²) >= 11 is 0. The summed E-state index contributed by atoms with van der Waals surface area (Å²) in [5, 5.41) is 62.4. The number of carboxylic acid groups (broad SMARTS) is 2. The number of rotatable bonds is 45. The largest absolute Gasteiger partial charge is 0.481 e. The molecule has 0 saturated heterocycles. The Bertz CT molecular complexity index is 3410. The molecular formula is C67H104N18O18. The first-order valence-corrected chi connectivity index (χ1v) is 34.0. The Balaban J connectivity index is 1.85. The van der Waals surface area contributed by atoms with Crippen LogP contribution in [0.5, 0.6) is 0 Å². The molecule has 103 heavy (non-hydrogen) atoms. The van der Waals surface area contributed by atoms with Crippen LogP contribution in [0.25, 0.3) is 10.9 Å². The Morgan fingerprint density at radius 1 is 0.437 bits per heavy atom. The van der Waals surface area contributed by atoms with E-state index in [0.717, 1.165) is 0 Å². The molecule has 0 aliphatic carbocycles. The maximum atomic E-state index is 14.5. The average molecular weight is 1450 g/mol. The average Bonchev–Trinajstić information content (AvgIpc) is 1.73. The fourth-order valence-electron chi connectivity index (χ4n) is 10.3. The lowest BCUT2D eigenvalue weighted by Gasteiger charge is -2.30. The molecule has 0 radical (unpaired) electrons. The lowest BCUT2D eigenvalue weighted by atomic mass is 9.96. The number of hydrogen-bond acceptors (Lipinski definition) is 20. The lowest BCUT2D eigenvalue weighted by molar-refractivity contribution is -0.142. The van der Waals surface area contributed by atoms with E-state index in [1.807, 2.05) is 0 Å². The van der Waals surface area contributed by atoms with Crippen molar-refractivity contribution in [3.63, 3.8) is 0 Å². The first-order chi connectivity index (χ1) is 48.6. The third-order valence-electron chi connectivity index (χ3n) is 16.6. The number of aliphatic hydroxyl groups excluding tert-OH is 1. The van der Waals surface area contributed by atoms with Crippen LogP contribution < -0.4 is 92.1 Å². The van der Waals surface area contributed by atoms with Gasteiger partial charge in [0.1, 0.15) is 72.5 Å². The van der Waals surface area contributed by atoms with Crippen LogP contribution in [0.4, 0.5) is 0 Å². The third kappa shape index (κ3) is 28.6. The van der Waals surface area contributed by atoms with E-state index in [9.17, 15) is 87.2 Å². The molecule has 14 atom stereocenters. The zero-order valence-electron chi connectivity index (χ0n) is 59.5. The molecule has 36 heteroatoms. The number of aliphatic hydroxyl groups is 1. The molecule has 0 fully saturated rings. The van der Waals surface area contributed by atoms with Gasteiger partial charge in [0.25, 0.3) is 0 Å². The SMILES string of the molecule is CC[C@H](C)[C@@H](NC(=O)[C@@H](NC(=O)[C@H](CCC(=O)O)NC(=O)[C@H](Cc1ccccc1)NC(=O)[C@@H](CCN)NC(=O)[C@H](CCN)NC(=O)[C@H](C)NC(=O)[C@@H](Cc1c[nH]c2ccccc12)NC(=O)[C@@H](CO)NC(=O)CNC(=O)[C@@H](CCN)NC(=O)[C@H](NC(=O)[C@H](C)N)C(C)C)C(C)C)C(=O)N[C@@H](C)C(=O)O. The van der Waals surface area contributed by atoms with Crippen LogP contribution in [-0.4, -0.2) is 220 Å². The summed E-state index contributed by atoms with van der Waals surface area (Å²) < 4.78 is 0. The van der Waals surface area contributed by atoms with E-state index in [2.05, 4.69) is 74.1 Å². The minimum absolute atomic E-state index is 0.0837. The molecule has 3 rings (SSSR count). The van der Waals surface area contributed by atoms with E-state index in [1.165, 1.54) is 20.8 Å². The first kappa shape index (κ1) is 87.0. The molecule has 3 aromatic rings. The number of carbonyl (C=O) groups is 15. The van der Waals surface area contributed by atoms with Gasteiger partial charge in [0.05, 0.1) is 19.2 Å². The van der Waals surface area contributed by atoms with Crippen molar-refractivity contribution >= 4 is 99.6 Å². The van der Waals surface area contributed by atoms with E-state index in [0.29, 0.717) is 28.5 Å². The number of hydrogen-bond donors (Lipinski definition) is 21. The molecule has 0 unspecified atom stereocenters. The summed E-state index contributed by atoms with van der Waals surface area (Å²) in [7, 11) is 0. The summed E-state index contributed by atoms with van der Waals surface area (Å²) in [5.74, 6) is -16.2. The van der Waals surface area contributed by atoms with Gasteiger partial charge in [0, 0.05) is 36.4 Å². The highest BCUT2D eigenvalue weighted by Crippen LogP contribution is 2.20. The molecule has 0 bridgehead atoms. The standard InChI is InChI=1S/C67H104N18O18/c1-10-35(6)54(66(101)75-38(9)67(102)103)85-65(100)53(34(4)5)84-60(95)43(20-21-51(88)89)78-62(97)47(28-39-16-12-11-13-17-39)81-59(94)46(24-27-70)79-58(93)45(23-26-69)77-56(91)37(8)74-61(96)48(29-40-30-72-42-19-15-14-18-41(40)42)82-63(98)49(32-86)76-50(87)31-73-57(92)44(22-25-68)80-64(99)52(33(2)3)83-55(90)36(7)71/h11-19,30,33-38,43-49,52-54,72,86H,10,20-29,31-32,68-71H2,1-9H3,(H,73,92)(H,74,96)(H,75,101)(H,76,87)(H,77,91)(H,78,97)(H,79,93)(H,80,99)(H,81,94)(H,82,98)(H,83,90)(H,84,95)(H,85,100)(H,88,89)(H,102,103)/t35-,36-,37-,38-,43-,44+,45-,46+,47-,48+,49+,52+,53-,54+/m0/s1. The van der Waals surface area contributed by atoms with Crippen molar-refractivity contribution in [3.05, 3.63) is 71.9 Å². The van der Waals surface area contributed by atoms with Crippen molar-refractivity contribution in [2.75, 3.05) is 32.8 Å². The third-order valence-corrected chi connectivity index (χ3v) is 16.6. The van der Waals surface area contributed by atoms with Gasteiger partial charge in [0.15, 0.2) is 0 Å². The Labute approximate surface area is 596 Å². The topological polar surface area (TPSA) is 593 Å². The molecule has 25 N–H and O–H groups in total. The molecular weight excluding hydrogens is 1340 g/mol. The maximum absolute atomic E-state index is 14.5. The molecule has 13 amide bonds. The van der Waals surface area contributed by atoms with Gasteiger partial charge in [-0.25, -0.2) is 0 Å². The monoisotopic (exact) mass is 1450 g/mol. The van der Waals surface area contributed by atoms with Crippen LogP contribution in [0.15, 0.2) is 60.8 Å². The Morgan fingerprint density at radius 2 is 0.854 bits per heavy atom. The highest BCUT2D eigenvalue weighted by molar-refractivity contribution is 6.00. The van der Waals surface area contributed by atoms with Gasteiger partial charge in [-0.2, -0.15) is 0 Å². The van der Waals surface area contributed by atoms with Gasteiger partial charge in [-0.15, -0.1) is 0 Å². The number of fused-ring (bicyclic) bond motifs is 1. The van der Waals surface area contributed by atoms with Crippen LogP contribution in [-0.2, 0) is 84.8 Å². The number of para-hydroxylation sites is 1. The number of H-pyrrole nitrogens is 1. The van der Waals surface area contributed by atoms with Crippen LogP contribution in [0.1, 0.15) is 112 Å². The fourth-order valence-corrected chi connectivity index (χ4v) is 10.3. The summed E-state index contributed by atoms with van der Waals surface area (Å²) in [4.78, 5) is 205. The van der Waals surface area contributed by atoms with E-state index in [1.54, 1.807) is 102 Å². The van der Waals surface area contributed by atoms with Crippen molar-refractivity contribution in [2.45, 2.75) is 192 Å². The number of aliphatic carboxylic acids is 2. The van der Waals surface area contributed by atoms with Crippen LogP contribution in [0, 0.1) is 17.8 Å². The predicted octanol–water partition coefficient (Wildman–Crippen LogP) is -5.38. The van der Waals surface area contributed by atoms with E-state index in [4.69, 9.17) is 22.9 Å². The second-order valence-electron chi connectivity index (χ2n) is 25.7. The van der Waals surface area contributed by atoms with Gasteiger partial charge in [-0.3, -0.25) is 71.9 Å². The minimum Gasteiger partial charge on any atom is -0.481 e. The summed E-state index contributed by atoms with van der Waals surface area (Å²) in [6.07, 6.45) is -0.323. The highest BCUT2D eigenvalue weighted by Gasteiger charge is 2.38. The fraction of sp³-hybridized carbons (Fsp3) is 0.567. The number of carboxylic acids is 2. The van der Waals surface area contributed by atoms with Crippen molar-refractivity contribution in [3.8, 4) is 0 Å². The van der Waals surface area contributed by atoms with Crippen LogP contribution >= 0.6 is 0 Å². The second kappa shape index (κ2) is 43.6. The molecule has 570 valence electrons. The number of nitrogens with one attached hydrogen (secondary N) is 14. The van der Waals surface area contributed by atoms with Crippen molar-refractivity contribution < 1.29 is 87.2 Å². The minimum atomic E-state index is -1.73. The second-order valence-corrected chi connectivity index (χ2v) is 25.7. The van der Waals surface area contributed by atoms with E-state index < -0.39 is 211 Å². The normalized spacial score (nSPS) is 15.3. The number of carbonyl (C=O) groups excluding carboxylic acids is 13. The van der Waals surface area contributed by atoms with Gasteiger partial charge < -0.3 is 112 Å². The molecule has 0 spiro atoms. The smallest absolute Gasteiger partial charge is 0.325 e. The van der Waals surface area contributed by atoms with Gasteiger partial charge >= 0.3 is 11.9 Å². The predicted molar refractivity (Wildman–Crippen MR) is 375 cm³/mol. The van der Waals surface area contributed by atoms with Crippen LogP contribution in [0.2, 0.25) is 0 Å². The molecule has 1 aromatic heterocycles. The van der Waals surface area contributed by atoms with Gasteiger partial charge in [-0.05, 0) is 101 Å². The number of benzene rings is 2. The molecule has 0 saturated carbocycles. The summed E-state index contributed by atoms with van der Waals surface area (Å²) in [6, 6.07) is -3.08. The summed E-state index contributed by atoms with van der Waals surface area (Å²) in [6.45, 7) is 11.4. The van der Waals surface area contributed by atoms with Gasteiger partial charge in [0.2, 0.25) is 76.8 Å². The number of aromatic amines is 1. The van der Waals surface area contributed by atoms with Crippen molar-refractivity contribution in [2.24, 2.45) is 40.7 Å². The number of amides is 13. The van der Waals surface area contributed by atoms with Crippen LogP contribution in [0.3, 0.4) is 0 Å². The molecule has 2 aromatic carbocycles. The molecule has 36 nitrogen and oxygen atoms in total. The lowest BCUT2D eigenvalue weighted by Crippen LogP contribution is -2.61. The quantitative estimate of drug-likeness (QED) is 0.0251. The molecule has 0 aliphatic rings. The number of nitrogens with two attached hydrogens (primary N) is 4. The Morgan fingerprint density at radius 3 is 1.37 bits per heavy atom. The van der Waals surface area contributed by atoms with E-state index in [-0.39, 0.29) is 51.7 Å². The van der Waals surface area contributed by atoms with Gasteiger partial charge in [-0.1, -0.05) is 96.5 Å². The van der Waals surface area contributed by atoms with Crippen molar-refractivity contribution in [1.29, 1.82) is 0 Å². The highest BCUT2D eigenvalue weighted by atomic mass is 16.4. The summed E-state index contributed by atoms with van der Waals surface area (Å²) in [5.41, 5.74) is 24.9. The zero-order chi connectivity index (χ0) is 77.4. The molecule has 1 heterocycles. The Kier molecular flexibility index (Phi) is 36.8. The molecule has 0 aliphatic heterocycles. The maximum Gasteiger partial charge on any atom is 0.325 e.